The summed E-state index contributed by atoms with van der Waals surface area (Å²) in [5.41, 5.74) is 1.24. The van der Waals surface area contributed by atoms with Gasteiger partial charge in [0.15, 0.2) is 5.82 Å². The normalized spacial score (nSPS) is 13.2. The van der Waals surface area contributed by atoms with Gasteiger partial charge in [-0.05, 0) is 35.0 Å². The van der Waals surface area contributed by atoms with E-state index in [1.807, 2.05) is 6.92 Å². The Morgan fingerprint density at radius 2 is 2.18 bits per heavy atom. The number of nitrogens with two attached hydrogens (primary N) is 1. The Hall–Kier alpha value is -2.59. The minimum atomic E-state index is -3.74. The first-order valence-electron chi connectivity index (χ1n) is 6.37. The third kappa shape index (κ3) is 2.73. The molecule has 2 aromatic heterocycles. The van der Waals surface area contributed by atoms with Crippen LogP contribution in [-0.4, -0.2) is 33.4 Å². The number of nitrogens with zero attached hydrogens (tertiary/aromatic N) is 5. The molecule has 22 heavy (non-hydrogen) atoms. The Balaban J connectivity index is 1.92. The molecule has 0 spiro atoms. The van der Waals surface area contributed by atoms with Gasteiger partial charge in [0.2, 0.25) is 15.7 Å². The van der Waals surface area contributed by atoms with Crippen molar-refractivity contribution in [3.8, 4) is 0 Å². The third-order valence-electron chi connectivity index (χ3n) is 3.16. The number of sulfonamides is 1. The summed E-state index contributed by atoms with van der Waals surface area (Å²) in [5, 5.41) is 19.5. The van der Waals surface area contributed by atoms with E-state index in [0.29, 0.717) is 11.5 Å². The lowest BCUT2D eigenvalue weighted by atomic mass is 10.1. The van der Waals surface area contributed by atoms with Crippen LogP contribution in [-0.2, 0) is 10.0 Å². The van der Waals surface area contributed by atoms with Crippen LogP contribution < -0.4 is 10.5 Å². The number of rotatable bonds is 4. The van der Waals surface area contributed by atoms with Gasteiger partial charge in [-0.2, -0.15) is 4.52 Å². The summed E-state index contributed by atoms with van der Waals surface area (Å²) in [6, 6.07) is 6.20. The van der Waals surface area contributed by atoms with Crippen molar-refractivity contribution in [1.82, 2.24) is 25.0 Å². The fourth-order valence-electron chi connectivity index (χ4n) is 2.03. The number of primary sulfonamides is 1. The molecule has 0 saturated carbocycles. The van der Waals surface area contributed by atoms with Gasteiger partial charge >= 0.3 is 0 Å². The molecule has 0 aliphatic heterocycles. The Labute approximate surface area is 126 Å². The highest BCUT2D eigenvalue weighted by Gasteiger charge is 2.14. The second-order valence-corrected chi connectivity index (χ2v) is 6.27. The Bertz CT molecular complexity index is 922. The molecule has 0 amide bonds. The van der Waals surface area contributed by atoms with Crippen molar-refractivity contribution < 1.29 is 8.42 Å². The zero-order valence-electron chi connectivity index (χ0n) is 11.6. The lowest BCUT2D eigenvalue weighted by Crippen LogP contribution is -2.14. The zero-order chi connectivity index (χ0) is 15.7. The molecule has 1 aromatic carbocycles. The Morgan fingerprint density at radius 1 is 1.36 bits per heavy atom. The maximum absolute atomic E-state index is 11.4. The average Bonchev–Trinajstić information content (AvgIpc) is 2.96. The number of tetrazole rings is 1. The molecule has 1 atom stereocenters. The van der Waals surface area contributed by atoms with Gasteiger partial charge < -0.3 is 5.32 Å². The van der Waals surface area contributed by atoms with Crippen molar-refractivity contribution >= 4 is 21.5 Å². The minimum Gasteiger partial charge on any atom is -0.360 e. The van der Waals surface area contributed by atoms with Crippen molar-refractivity contribution in [3.05, 3.63) is 42.2 Å². The molecule has 3 aromatic rings. The molecule has 0 radical (unpaired) electrons. The van der Waals surface area contributed by atoms with Crippen LogP contribution in [0.2, 0.25) is 0 Å². The van der Waals surface area contributed by atoms with E-state index in [4.69, 9.17) is 5.14 Å². The monoisotopic (exact) mass is 319 g/mol. The van der Waals surface area contributed by atoms with Crippen molar-refractivity contribution in [2.24, 2.45) is 5.14 Å². The van der Waals surface area contributed by atoms with Gasteiger partial charge in [0.05, 0.1) is 17.1 Å². The van der Waals surface area contributed by atoms with Crippen molar-refractivity contribution in [3.63, 3.8) is 0 Å². The first-order valence-corrected chi connectivity index (χ1v) is 7.92. The fourth-order valence-corrected chi connectivity index (χ4v) is 2.60. The molecule has 0 aliphatic carbocycles. The summed E-state index contributed by atoms with van der Waals surface area (Å²) in [7, 11) is -3.74. The van der Waals surface area contributed by atoms with E-state index in [1.165, 1.54) is 16.6 Å². The van der Waals surface area contributed by atoms with Crippen LogP contribution >= 0.6 is 0 Å². The number of hydrogen-bond acceptors (Lipinski definition) is 7. The maximum Gasteiger partial charge on any atom is 0.238 e. The quantitative estimate of drug-likeness (QED) is 0.709. The molecular formula is C12H13N7O2S. The molecule has 0 unspecified atom stereocenters. The van der Waals surface area contributed by atoms with E-state index in [1.54, 1.807) is 24.5 Å². The summed E-state index contributed by atoms with van der Waals surface area (Å²) >= 11 is 0. The molecule has 9 nitrogen and oxygen atoms in total. The fraction of sp³-hybridized carbons (Fsp3) is 0.167. The number of nitrogens with one attached hydrogen (secondary N) is 1. The second-order valence-electron chi connectivity index (χ2n) is 4.71. The molecule has 2 heterocycles. The molecule has 0 bridgehead atoms. The zero-order valence-corrected chi connectivity index (χ0v) is 12.4. The van der Waals surface area contributed by atoms with Crippen LogP contribution in [0.4, 0.5) is 5.82 Å². The average molecular weight is 319 g/mol. The van der Waals surface area contributed by atoms with Crippen LogP contribution in [0.1, 0.15) is 18.5 Å². The van der Waals surface area contributed by atoms with Gasteiger partial charge in [-0.25, -0.2) is 18.5 Å². The van der Waals surface area contributed by atoms with E-state index < -0.39 is 10.0 Å². The lowest BCUT2D eigenvalue weighted by molar-refractivity contribution is 0.597. The number of fused-ring (bicyclic) bond motifs is 1. The Morgan fingerprint density at radius 3 is 2.95 bits per heavy atom. The van der Waals surface area contributed by atoms with Crippen molar-refractivity contribution in [1.29, 1.82) is 0 Å². The predicted octanol–water partition coefficient (Wildman–Crippen LogP) is 0.340. The van der Waals surface area contributed by atoms with Crippen LogP contribution in [0.15, 0.2) is 41.6 Å². The van der Waals surface area contributed by atoms with Crippen molar-refractivity contribution in [2.75, 3.05) is 5.32 Å². The maximum atomic E-state index is 11.4. The van der Waals surface area contributed by atoms with Gasteiger partial charge in [0.25, 0.3) is 0 Å². The highest BCUT2D eigenvalue weighted by atomic mass is 32.2. The first kappa shape index (κ1) is 14.4. The van der Waals surface area contributed by atoms with E-state index in [0.717, 1.165) is 5.56 Å². The third-order valence-corrected chi connectivity index (χ3v) is 4.07. The van der Waals surface area contributed by atoms with Gasteiger partial charge in [0, 0.05) is 6.20 Å². The molecule has 10 heteroatoms. The van der Waals surface area contributed by atoms with E-state index in [2.05, 4.69) is 25.8 Å². The van der Waals surface area contributed by atoms with Gasteiger partial charge in [0.1, 0.15) is 0 Å². The second kappa shape index (κ2) is 5.31. The summed E-state index contributed by atoms with van der Waals surface area (Å²) in [5.74, 6) is 0.501. The largest absolute Gasteiger partial charge is 0.360 e. The molecule has 3 N–H and O–H groups in total. The van der Waals surface area contributed by atoms with Gasteiger partial charge in [-0.3, -0.25) is 0 Å². The minimum absolute atomic E-state index is 0.0639. The first-order chi connectivity index (χ1) is 10.4. The number of anilines is 1. The van der Waals surface area contributed by atoms with Crippen molar-refractivity contribution in [2.45, 2.75) is 17.9 Å². The number of benzene rings is 1. The number of hydrogen-bond donors (Lipinski definition) is 2. The van der Waals surface area contributed by atoms with E-state index in [9.17, 15) is 8.42 Å². The Kier molecular flexibility index (Phi) is 3.47. The van der Waals surface area contributed by atoms with Gasteiger partial charge in [-0.1, -0.05) is 12.1 Å². The summed E-state index contributed by atoms with van der Waals surface area (Å²) in [4.78, 5) is 4.26. The summed E-state index contributed by atoms with van der Waals surface area (Å²) < 4.78 is 24.3. The van der Waals surface area contributed by atoms with Crippen LogP contribution in [0.3, 0.4) is 0 Å². The molecule has 0 fully saturated rings. The highest BCUT2D eigenvalue weighted by Crippen LogP contribution is 2.21. The highest BCUT2D eigenvalue weighted by molar-refractivity contribution is 7.89. The van der Waals surface area contributed by atoms with Crippen LogP contribution in [0.25, 0.3) is 5.65 Å². The van der Waals surface area contributed by atoms with Crippen LogP contribution in [0, 0.1) is 0 Å². The van der Waals surface area contributed by atoms with E-state index in [-0.39, 0.29) is 10.9 Å². The number of aromatic nitrogens is 5. The van der Waals surface area contributed by atoms with E-state index >= 15 is 0 Å². The SMILES string of the molecule is C[C@@H](Nc1nccn2nnnc12)c1cccc(S(N)(=O)=O)c1. The molecule has 0 saturated heterocycles. The summed E-state index contributed by atoms with van der Waals surface area (Å²) in [6.45, 7) is 1.87. The van der Waals surface area contributed by atoms with Gasteiger partial charge in [-0.15, -0.1) is 5.10 Å². The molecule has 114 valence electrons. The molecule has 3 rings (SSSR count). The standard InChI is InChI=1S/C12H13N7O2S/c1-8(9-3-2-4-10(7-9)22(13,20)21)15-11-12-16-17-18-19(12)6-5-14-11/h2-8H,1H3,(H,14,15)(H2,13,20,21)/t8-/m1/s1. The predicted molar refractivity (Wildman–Crippen MR) is 78.4 cm³/mol. The molecular weight excluding hydrogens is 306 g/mol. The topological polar surface area (TPSA) is 128 Å². The lowest BCUT2D eigenvalue weighted by Gasteiger charge is -2.15. The summed E-state index contributed by atoms with van der Waals surface area (Å²) in [6.07, 6.45) is 3.20. The van der Waals surface area contributed by atoms with Crippen LogP contribution in [0.5, 0.6) is 0 Å². The molecule has 0 aliphatic rings. The smallest absolute Gasteiger partial charge is 0.238 e.